The first-order valence-corrected chi connectivity index (χ1v) is 3.74. The summed E-state index contributed by atoms with van der Waals surface area (Å²) in [6.07, 6.45) is 0.0564. The van der Waals surface area contributed by atoms with E-state index in [2.05, 4.69) is 5.32 Å². The van der Waals surface area contributed by atoms with Crippen molar-refractivity contribution < 1.29 is 9.59 Å². The lowest BCUT2D eigenvalue weighted by molar-refractivity contribution is -0.133. The smallest absolute Gasteiger partial charge is 0.231 e. The van der Waals surface area contributed by atoms with Gasteiger partial charge < -0.3 is 4.90 Å². The van der Waals surface area contributed by atoms with Crippen molar-refractivity contribution in [2.45, 2.75) is 13.3 Å². The molecule has 4 heteroatoms. The van der Waals surface area contributed by atoms with Crippen molar-refractivity contribution in [3.63, 3.8) is 0 Å². The van der Waals surface area contributed by atoms with Crippen LogP contribution in [0.4, 0.5) is 0 Å². The van der Waals surface area contributed by atoms with Crippen LogP contribution in [-0.2, 0) is 9.59 Å². The van der Waals surface area contributed by atoms with Gasteiger partial charge in [0.25, 0.3) is 0 Å². The molecule has 0 atom stereocenters. The predicted molar refractivity (Wildman–Crippen MR) is 39.9 cm³/mol. The Morgan fingerprint density at radius 1 is 1.55 bits per heavy atom. The number of nitrogens with one attached hydrogen (secondary N) is 1. The molecular formula is C7H12N2O2. The normalized spacial score (nSPS) is 20.3. The van der Waals surface area contributed by atoms with E-state index in [9.17, 15) is 9.59 Å². The number of nitrogens with zero attached hydrogens (tertiary/aromatic N) is 1. The monoisotopic (exact) mass is 156 g/mol. The highest BCUT2D eigenvalue weighted by Gasteiger charge is 2.18. The molecule has 11 heavy (non-hydrogen) atoms. The first-order chi connectivity index (χ1) is 5.24. The van der Waals surface area contributed by atoms with Crippen molar-refractivity contribution in [3.8, 4) is 0 Å². The van der Waals surface area contributed by atoms with Crippen molar-refractivity contribution in [2.24, 2.45) is 0 Å². The largest absolute Gasteiger partial charge is 0.330 e. The first-order valence-electron chi connectivity index (χ1n) is 3.74. The molecule has 1 aliphatic rings. The van der Waals surface area contributed by atoms with Gasteiger partial charge in [-0.2, -0.15) is 0 Å². The standard InChI is InChI=1S/C7H12N2O2/c1-2-9-5-8-4-6(10)3-7(9)11/h8H,2-5H2,1H3. The van der Waals surface area contributed by atoms with E-state index in [1.165, 1.54) is 0 Å². The summed E-state index contributed by atoms with van der Waals surface area (Å²) in [5, 5.41) is 2.88. The highest BCUT2D eigenvalue weighted by atomic mass is 16.2. The van der Waals surface area contributed by atoms with E-state index in [0.717, 1.165) is 0 Å². The first kappa shape index (κ1) is 8.20. The van der Waals surface area contributed by atoms with Crippen molar-refractivity contribution in [2.75, 3.05) is 19.8 Å². The van der Waals surface area contributed by atoms with Gasteiger partial charge in [-0.3, -0.25) is 14.9 Å². The Morgan fingerprint density at radius 2 is 2.27 bits per heavy atom. The maximum absolute atomic E-state index is 11.1. The Bertz CT molecular complexity index is 179. The number of hydrogen-bond acceptors (Lipinski definition) is 3. The van der Waals surface area contributed by atoms with Gasteiger partial charge in [-0.1, -0.05) is 0 Å². The second-order valence-corrected chi connectivity index (χ2v) is 2.55. The van der Waals surface area contributed by atoms with Gasteiger partial charge in [0.2, 0.25) is 5.91 Å². The van der Waals surface area contributed by atoms with E-state index in [4.69, 9.17) is 0 Å². The Morgan fingerprint density at radius 3 is 2.91 bits per heavy atom. The molecule has 62 valence electrons. The topological polar surface area (TPSA) is 49.4 Å². The molecule has 1 N–H and O–H groups in total. The molecule has 0 spiro atoms. The summed E-state index contributed by atoms with van der Waals surface area (Å²) in [7, 11) is 0. The molecule has 0 radical (unpaired) electrons. The predicted octanol–water partition coefficient (Wildman–Crippen LogP) is -0.645. The van der Waals surface area contributed by atoms with Crippen LogP contribution < -0.4 is 5.32 Å². The third kappa shape index (κ3) is 2.01. The van der Waals surface area contributed by atoms with Crippen LogP contribution in [0.1, 0.15) is 13.3 Å². The summed E-state index contributed by atoms with van der Waals surface area (Å²) in [6.45, 7) is 3.39. The van der Waals surface area contributed by atoms with E-state index in [1.807, 2.05) is 6.92 Å². The third-order valence-electron chi connectivity index (χ3n) is 1.71. The molecule has 1 saturated heterocycles. The molecule has 0 unspecified atom stereocenters. The third-order valence-corrected chi connectivity index (χ3v) is 1.71. The number of amides is 1. The minimum absolute atomic E-state index is 0.0223. The van der Waals surface area contributed by atoms with E-state index in [1.54, 1.807) is 4.90 Å². The molecule has 0 aromatic rings. The lowest BCUT2D eigenvalue weighted by Crippen LogP contribution is -2.35. The molecule has 1 rings (SSSR count). The second-order valence-electron chi connectivity index (χ2n) is 2.55. The van der Waals surface area contributed by atoms with Crippen molar-refractivity contribution in [1.29, 1.82) is 0 Å². The second kappa shape index (κ2) is 3.48. The number of Topliss-reactive ketones (excluding diaryl/α,β-unsaturated/α-hetero) is 1. The average Bonchev–Trinajstić information content (AvgIpc) is 2.11. The van der Waals surface area contributed by atoms with Crippen LogP contribution >= 0.6 is 0 Å². The molecule has 4 nitrogen and oxygen atoms in total. The molecule has 0 aromatic heterocycles. The minimum atomic E-state index is -0.0671. The summed E-state index contributed by atoms with van der Waals surface area (Å²) < 4.78 is 0. The van der Waals surface area contributed by atoms with Crippen molar-refractivity contribution in [1.82, 2.24) is 10.2 Å². The van der Waals surface area contributed by atoms with Crippen LogP contribution in [-0.4, -0.2) is 36.3 Å². The number of hydrogen-bond donors (Lipinski definition) is 1. The molecule has 1 heterocycles. The fraction of sp³-hybridized carbons (Fsp3) is 0.714. The van der Waals surface area contributed by atoms with E-state index in [-0.39, 0.29) is 18.1 Å². The zero-order valence-corrected chi connectivity index (χ0v) is 6.59. The van der Waals surface area contributed by atoms with Gasteiger partial charge in [-0.05, 0) is 6.92 Å². The lowest BCUT2D eigenvalue weighted by Gasteiger charge is -2.16. The summed E-state index contributed by atoms with van der Waals surface area (Å²) in [4.78, 5) is 23.6. The van der Waals surface area contributed by atoms with Crippen LogP contribution in [0.25, 0.3) is 0 Å². The molecule has 0 aliphatic carbocycles. The Labute approximate surface area is 65.6 Å². The molecular weight excluding hydrogens is 144 g/mol. The fourth-order valence-corrected chi connectivity index (χ4v) is 1.05. The van der Waals surface area contributed by atoms with Gasteiger partial charge in [-0.15, -0.1) is 0 Å². The van der Waals surface area contributed by atoms with Crippen LogP contribution in [0.15, 0.2) is 0 Å². The zero-order chi connectivity index (χ0) is 8.27. The van der Waals surface area contributed by atoms with Gasteiger partial charge in [0.15, 0.2) is 5.78 Å². The number of carbonyl (C=O) groups excluding carboxylic acids is 2. The molecule has 1 amide bonds. The maximum Gasteiger partial charge on any atom is 0.231 e. The summed E-state index contributed by atoms with van der Waals surface area (Å²) in [5.41, 5.74) is 0. The zero-order valence-electron chi connectivity index (χ0n) is 6.59. The maximum atomic E-state index is 11.1. The lowest BCUT2D eigenvalue weighted by atomic mass is 10.3. The van der Waals surface area contributed by atoms with Crippen LogP contribution in [0, 0.1) is 0 Å². The Kier molecular flexibility index (Phi) is 2.59. The summed E-state index contributed by atoms with van der Waals surface area (Å²) >= 11 is 0. The quantitative estimate of drug-likeness (QED) is 0.513. The van der Waals surface area contributed by atoms with Crippen LogP contribution in [0.3, 0.4) is 0 Å². The Balaban J connectivity index is 2.57. The fourth-order valence-electron chi connectivity index (χ4n) is 1.05. The number of rotatable bonds is 1. The Hall–Kier alpha value is -0.900. The van der Waals surface area contributed by atoms with Gasteiger partial charge in [0, 0.05) is 6.54 Å². The highest BCUT2D eigenvalue weighted by molar-refractivity contribution is 5.99. The molecule has 1 fully saturated rings. The number of carbonyl (C=O) groups is 2. The SMILES string of the molecule is CCN1CNCC(=O)CC1=O. The van der Waals surface area contributed by atoms with Gasteiger partial charge in [0.1, 0.15) is 0 Å². The molecule has 0 bridgehead atoms. The molecule has 0 aromatic carbocycles. The van der Waals surface area contributed by atoms with Gasteiger partial charge in [0.05, 0.1) is 19.6 Å². The van der Waals surface area contributed by atoms with E-state index < -0.39 is 0 Å². The van der Waals surface area contributed by atoms with Crippen LogP contribution in [0.5, 0.6) is 0 Å². The minimum Gasteiger partial charge on any atom is -0.330 e. The van der Waals surface area contributed by atoms with E-state index >= 15 is 0 Å². The number of ketones is 1. The molecule has 0 saturated carbocycles. The summed E-state index contributed by atoms with van der Waals surface area (Å²) in [5.74, 6) is -0.0894. The van der Waals surface area contributed by atoms with Crippen LogP contribution in [0.2, 0.25) is 0 Å². The van der Waals surface area contributed by atoms with Gasteiger partial charge >= 0.3 is 0 Å². The summed E-state index contributed by atoms with van der Waals surface area (Å²) in [6, 6.07) is 0. The highest BCUT2D eigenvalue weighted by Crippen LogP contribution is 1.97. The van der Waals surface area contributed by atoms with Crippen molar-refractivity contribution in [3.05, 3.63) is 0 Å². The molecule has 1 aliphatic heterocycles. The van der Waals surface area contributed by atoms with Crippen molar-refractivity contribution >= 4 is 11.7 Å². The average molecular weight is 156 g/mol. The van der Waals surface area contributed by atoms with E-state index in [0.29, 0.717) is 19.8 Å². The van der Waals surface area contributed by atoms with Gasteiger partial charge in [-0.25, -0.2) is 0 Å².